The Morgan fingerprint density at radius 2 is 2.23 bits per heavy atom. The monoisotopic (exact) mass is 179 g/mol. The van der Waals surface area contributed by atoms with Crippen LogP contribution < -0.4 is 10.5 Å². The molecule has 1 aromatic carbocycles. The van der Waals surface area contributed by atoms with Crippen LogP contribution in [-0.4, -0.2) is 5.97 Å². The molecular weight excluding hydrogens is 166 g/mol. The summed E-state index contributed by atoms with van der Waals surface area (Å²) in [6.07, 6.45) is 0. The Bertz CT molecular complexity index is 321. The Morgan fingerprint density at radius 3 is 2.69 bits per heavy atom. The fourth-order valence-electron chi connectivity index (χ4n) is 1.11. The summed E-state index contributed by atoms with van der Waals surface area (Å²) in [5.41, 5.74) is 7.43. The number of ether oxygens (including phenoxy) is 1. The van der Waals surface area contributed by atoms with Crippen LogP contribution in [0.2, 0.25) is 0 Å². The first-order chi connectivity index (χ1) is 6.13. The quantitative estimate of drug-likeness (QED) is 0.551. The molecule has 13 heavy (non-hydrogen) atoms. The summed E-state index contributed by atoms with van der Waals surface area (Å²) in [6, 6.07) is 5.53. The van der Waals surface area contributed by atoms with Crippen molar-refractivity contribution in [1.29, 1.82) is 0 Å². The number of hydrogen-bond acceptors (Lipinski definition) is 3. The molecule has 0 spiro atoms. The molecule has 3 heteroatoms. The lowest BCUT2D eigenvalue weighted by Gasteiger charge is -2.06. The lowest BCUT2D eigenvalue weighted by molar-refractivity contribution is -0.131. The van der Waals surface area contributed by atoms with Crippen molar-refractivity contribution in [1.82, 2.24) is 0 Å². The second-order valence-corrected chi connectivity index (χ2v) is 2.90. The van der Waals surface area contributed by atoms with Gasteiger partial charge in [0.15, 0.2) is 0 Å². The number of carbonyl (C=O) groups excluding carboxylic acids is 1. The molecule has 0 aliphatic heterocycles. The predicted octanol–water partition coefficient (Wildman–Crippen LogP) is 1.38. The lowest BCUT2D eigenvalue weighted by Crippen LogP contribution is -2.04. The van der Waals surface area contributed by atoms with E-state index in [2.05, 4.69) is 0 Å². The lowest BCUT2D eigenvalue weighted by atomic mass is 10.1. The van der Waals surface area contributed by atoms with E-state index in [0.29, 0.717) is 12.3 Å². The number of benzene rings is 1. The van der Waals surface area contributed by atoms with E-state index in [1.807, 2.05) is 19.1 Å². The molecule has 0 aliphatic rings. The number of hydrogen-bond donors (Lipinski definition) is 1. The largest absolute Gasteiger partial charge is 0.426 e. The van der Waals surface area contributed by atoms with E-state index in [1.165, 1.54) is 6.92 Å². The van der Waals surface area contributed by atoms with Gasteiger partial charge in [-0.1, -0.05) is 12.1 Å². The van der Waals surface area contributed by atoms with Crippen LogP contribution in [0.15, 0.2) is 18.2 Å². The molecule has 0 unspecified atom stereocenters. The Labute approximate surface area is 77.5 Å². The fourth-order valence-corrected chi connectivity index (χ4v) is 1.11. The molecule has 0 saturated carbocycles. The molecule has 0 aromatic heterocycles. The average Bonchev–Trinajstić information content (AvgIpc) is 2.08. The number of carbonyl (C=O) groups is 1. The third-order valence-corrected chi connectivity index (χ3v) is 1.73. The van der Waals surface area contributed by atoms with E-state index in [-0.39, 0.29) is 5.97 Å². The minimum Gasteiger partial charge on any atom is -0.426 e. The Balaban J connectivity index is 2.91. The van der Waals surface area contributed by atoms with Crippen LogP contribution in [0.25, 0.3) is 0 Å². The maximum absolute atomic E-state index is 10.7. The number of aryl methyl sites for hydroxylation is 1. The second-order valence-electron chi connectivity index (χ2n) is 2.90. The van der Waals surface area contributed by atoms with Crippen molar-refractivity contribution in [3.8, 4) is 5.75 Å². The van der Waals surface area contributed by atoms with Crippen LogP contribution in [0.3, 0.4) is 0 Å². The summed E-state index contributed by atoms with van der Waals surface area (Å²) in [5, 5.41) is 0. The van der Waals surface area contributed by atoms with Gasteiger partial charge in [-0.25, -0.2) is 0 Å². The molecule has 0 amide bonds. The zero-order chi connectivity index (χ0) is 9.84. The Morgan fingerprint density at radius 1 is 1.54 bits per heavy atom. The van der Waals surface area contributed by atoms with Crippen molar-refractivity contribution in [3.63, 3.8) is 0 Å². The van der Waals surface area contributed by atoms with E-state index < -0.39 is 0 Å². The summed E-state index contributed by atoms with van der Waals surface area (Å²) in [5.74, 6) is 0.299. The molecule has 2 N–H and O–H groups in total. The van der Waals surface area contributed by atoms with E-state index in [0.717, 1.165) is 11.1 Å². The molecule has 1 aromatic rings. The van der Waals surface area contributed by atoms with Crippen molar-refractivity contribution >= 4 is 5.97 Å². The standard InChI is InChI=1S/C10H13NO2/c1-7-5-9(6-11)3-4-10(7)13-8(2)12/h3-5H,6,11H2,1-2H3. The fraction of sp³-hybridized carbons (Fsp3) is 0.300. The molecule has 1 rings (SSSR count). The van der Waals surface area contributed by atoms with E-state index in [9.17, 15) is 4.79 Å². The van der Waals surface area contributed by atoms with Gasteiger partial charge in [0.05, 0.1) is 0 Å². The zero-order valence-corrected chi connectivity index (χ0v) is 7.83. The molecular formula is C10H13NO2. The highest BCUT2D eigenvalue weighted by Crippen LogP contribution is 2.18. The van der Waals surface area contributed by atoms with E-state index >= 15 is 0 Å². The number of rotatable bonds is 2. The maximum atomic E-state index is 10.7. The normalized spacial score (nSPS) is 9.77. The maximum Gasteiger partial charge on any atom is 0.308 e. The minimum atomic E-state index is -0.302. The van der Waals surface area contributed by atoms with Crippen molar-refractivity contribution in [2.75, 3.05) is 0 Å². The summed E-state index contributed by atoms with van der Waals surface area (Å²) in [7, 11) is 0. The first-order valence-electron chi connectivity index (χ1n) is 4.11. The summed E-state index contributed by atoms with van der Waals surface area (Å²) in [4.78, 5) is 10.7. The summed E-state index contributed by atoms with van der Waals surface area (Å²) in [6.45, 7) is 3.77. The molecule has 3 nitrogen and oxygen atoms in total. The van der Waals surface area contributed by atoms with Crippen molar-refractivity contribution in [3.05, 3.63) is 29.3 Å². The van der Waals surface area contributed by atoms with Gasteiger partial charge in [0.2, 0.25) is 0 Å². The smallest absolute Gasteiger partial charge is 0.308 e. The Kier molecular flexibility index (Phi) is 3.03. The second kappa shape index (κ2) is 4.05. The van der Waals surface area contributed by atoms with Crippen LogP contribution in [0.1, 0.15) is 18.1 Å². The van der Waals surface area contributed by atoms with Crippen molar-refractivity contribution in [2.24, 2.45) is 5.73 Å². The molecule has 0 atom stereocenters. The third kappa shape index (κ3) is 2.56. The molecule has 70 valence electrons. The van der Waals surface area contributed by atoms with E-state index in [1.54, 1.807) is 6.07 Å². The van der Waals surface area contributed by atoms with Crippen LogP contribution in [0.4, 0.5) is 0 Å². The average molecular weight is 179 g/mol. The van der Waals surface area contributed by atoms with Crippen LogP contribution in [0.5, 0.6) is 5.75 Å². The topological polar surface area (TPSA) is 52.3 Å². The van der Waals surface area contributed by atoms with Crippen LogP contribution in [-0.2, 0) is 11.3 Å². The molecule has 0 radical (unpaired) electrons. The van der Waals surface area contributed by atoms with Gasteiger partial charge in [-0.3, -0.25) is 4.79 Å². The summed E-state index contributed by atoms with van der Waals surface area (Å²) < 4.78 is 4.96. The third-order valence-electron chi connectivity index (χ3n) is 1.73. The molecule has 0 fully saturated rings. The molecule has 0 bridgehead atoms. The Hall–Kier alpha value is -1.35. The van der Waals surface area contributed by atoms with Crippen LogP contribution >= 0.6 is 0 Å². The number of esters is 1. The highest BCUT2D eigenvalue weighted by atomic mass is 16.5. The first-order valence-corrected chi connectivity index (χ1v) is 4.11. The first kappa shape index (κ1) is 9.74. The molecule has 0 heterocycles. The van der Waals surface area contributed by atoms with Gasteiger partial charge >= 0.3 is 5.97 Å². The van der Waals surface area contributed by atoms with Gasteiger partial charge in [0.25, 0.3) is 0 Å². The van der Waals surface area contributed by atoms with Gasteiger partial charge in [0, 0.05) is 13.5 Å². The molecule has 0 saturated heterocycles. The van der Waals surface area contributed by atoms with Gasteiger partial charge in [-0.05, 0) is 24.1 Å². The predicted molar refractivity (Wildman–Crippen MR) is 50.4 cm³/mol. The number of nitrogens with two attached hydrogens (primary N) is 1. The van der Waals surface area contributed by atoms with E-state index in [4.69, 9.17) is 10.5 Å². The zero-order valence-electron chi connectivity index (χ0n) is 7.83. The molecule has 0 aliphatic carbocycles. The van der Waals surface area contributed by atoms with Crippen molar-refractivity contribution in [2.45, 2.75) is 20.4 Å². The highest BCUT2D eigenvalue weighted by Gasteiger charge is 2.02. The van der Waals surface area contributed by atoms with Gasteiger partial charge in [-0.15, -0.1) is 0 Å². The van der Waals surface area contributed by atoms with Crippen molar-refractivity contribution < 1.29 is 9.53 Å². The van der Waals surface area contributed by atoms with Gasteiger partial charge < -0.3 is 10.5 Å². The van der Waals surface area contributed by atoms with Gasteiger partial charge in [0.1, 0.15) is 5.75 Å². The SMILES string of the molecule is CC(=O)Oc1ccc(CN)cc1C. The van der Waals surface area contributed by atoms with Gasteiger partial charge in [-0.2, -0.15) is 0 Å². The van der Waals surface area contributed by atoms with Crippen LogP contribution in [0, 0.1) is 6.92 Å². The highest BCUT2D eigenvalue weighted by molar-refractivity contribution is 5.69. The minimum absolute atomic E-state index is 0.302. The summed E-state index contributed by atoms with van der Waals surface area (Å²) >= 11 is 0.